The molecule has 0 aromatic heterocycles. The summed E-state index contributed by atoms with van der Waals surface area (Å²) in [5, 5.41) is 6.07. The van der Waals surface area contributed by atoms with Crippen LogP contribution in [0, 0.1) is 5.92 Å². The number of nitrogens with zero attached hydrogens (tertiary/aromatic N) is 3. The molecule has 0 saturated carbocycles. The number of amides is 1. The molecule has 2 unspecified atom stereocenters. The van der Waals surface area contributed by atoms with Gasteiger partial charge in [0.1, 0.15) is 5.83 Å². The van der Waals surface area contributed by atoms with E-state index < -0.39 is 5.83 Å². The molecule has 5 heteroatoms. The quantitative estimate of drug-likeness (QED) is 0.337. The van der Waals surface area contributed by atoms with Crippen LogP contribution in [0.4, 0.5) is 4.39 Å². The van der Waals surface area contributed by atoms with Gasteiger partial charge in [-0.05, 0) is 44.2 Å². The fourth-order valence-electron chi connectivity index (χ4n) is 3.87. The summed E-state index contributed by atoms with van der Waals surface area (Å²) in [7, 11) is 0. The number of hydrogen-bond acceptors (Lipinski definition) is 3. The van der Waals surface area contributed by atoms with Gasteiger partial charge in [-0.3, -0.25) is 9.79 Å². The highest BCUT2D eigenvalue weighted by Gasteiger charge is 2.33. The summed E-state index contributed by atoms with van der Waals surface area (Å²) in [6.07, 6.45) is 11.2. The highest BCUT2D eigenvalue weighted by Crippen LogP contribution is 2.33. The third-order valence-electron chi connectivity index (χ3n) is 5.44. The van der Waals surface area contributed by atoms with Crippen LogP contribution in [0.15, 0.2) is 76.8 Å². The number of benzene rings is 1. The average Bonchev–Trinajstić information content (AvgIpc) is 3.12. The van der Waals surface area contributed by atoms with Crippen molar-refractivity contribution in [1.82, 2.24) is 5.01 Å². The normalized spacial score (nSPS) is 23.0. The van der Waals surface area contributed by atoms with E-state index in [2.05, 4.69) is 34.9 Å². The number of allylic oxidation sites excluding steroid dienone is 4. The smallest absolute Gasteiger partial charge is 0.246 e. The molecule has 2 atom stereocenters. The Kier molecular flexibility index (Phi) is 7.28. The summed E-state index contributed by atoms with van der Waals surface area (Å²) in [5.41, 5.74) is 3.24. The van der Waals surface area contributed by atoms with Gasteiger partial charge in [0.05, 0.1) is 12.2 Å². The van der Waals surface area contributed by atoms with E-state index in [0.29, 0.717) is 6.42 Å². The maximum absolute atomic E-state index is 13.2. The van der Waals surface area contributed by atoms with Gasteiger partial charge in [0, 0.05) is 30.7 Å². The molecule has 1 aromatic carbocycles. The van der Waals surface area contributed by atoms with Gasteiger partial charge in [0.25, 0.3) is 0 Å². The largest absolute Gasteiger partial charge is 0.273 e. The Balaban J connectivity index is 1.59. The third-order valence-corrected chi connectivity index (χ3v) is 5.44. The molecule has 1 heterocycles. The van der Waals surface area contributed by atoms with Crippen LogP contribution >= 0.6 is 0 Å². The second-order valence-corrected chi connectivity index (χ2v) is 7.58. The molecule has 2 aliphatic rings. The Morgan fingerprint density at radius 2 is 2.14 bits per heavy atom. The van der Waals surface area contributed by atoms with Crippen LogP contribution in [0.25, 0.3) is 0 Å². The predicted molar refractivity (Wildman–Crippen MR) is 116 cm³/mol. The first-order valence-corrected chi connectivity index (χ1v) is 10.2. The molecular formula is C24H28FN3O. The van der Waals surface area contributed by atoms with Crippen molar-refractivity contribution in [2.75, 3.05) is 0 Å². The van der Waals surface area contributed by atoms with E-state index in [0.717, 1.165) is 49.5 Å². The standard InChI is InChI=1S/C24H28FN3O/c1-3-22(25)17-26-18(2)16-19-8-7-11-21(13-12-19)24(29)28-23(14-15-27-28)20-9-5-4-6-10-20/h3-6,8-10,15,17,21,23H,1,7,11-14,16H2,2H3/b22-17+,26-18+. The first-order chi connectivity index (χ1) is 14.1. The van der Waals surface area contributed by atoms with Crippen molar-refractivity contribution in [2.45, 2.75) is 51.5 Å². The van der Waals surface area contributed by atoms with Crippen LogP contribution < -0.4 is 0 Å². The number of carbonyl (C=O) groups excluding carboxylic acids is 1. The number of aliphatic imine (C=N–C) groups is 1. The zero-order valence-corrected chi connectivity index (χ0v) is 16.9. The lowest BCUT2D eigenvalue weighted by Gasteiger charge is -2.26. The molecule has 0 fully saturated rings. The van der Waals surface area contributed by atoms with Gasteiger partial charge in [-0.1, -0.05) is 48.6 Å². The molecule has 1 amide bonds. The molecule has 3 rings (SSSR count). The number of hydrogen-bond donors (Lipinski definition) is 0. The van der Waals surface area contributed by atoms with Crippen molar-refractivity contribution in [1.29, 1.82) is 0 Å². The molecule has 0 radical (unpaired) electrons. The first-order valence-electron chi connectivity index (χ1n) is 10.2. The number of halogens is 1. The van der Waals surface area contributed by atoms with Gasteiger partial charge < -0.3 is 0 Å². The topological polar surface area (TPSA) is 45.0 Å². The number of rotatable bonds is 6. The lowest BCUT2D eigenvalue weighted by Crippen LogP contribution is -2.32. The molecule has 0 saturated heterocycles. The van der Waals surface area contributed by atoms with Crippen molar-refractivity contribution < 1.29 is 9.18 Å². The minimum absolute atomic E-state index is 0.000282. The summed E-state index contributed by atoms with van der Waals surface area (Å²) >= 11 is 0. The highest BCUT2D eigenvalue weighted by molar-refractivity contribution is 5.85. The fraction of sp³-hybridized carbons (Fsp3) is 0.375. The van der Waals surface area contributed by atoms with E-state index in [1.807, 2.05) is 31.3 Å². The third kappa shape index (κ3) is 5.59. The van der Waals surface area contributed by atoms with E-state index in [1.165, 1.54) is 11.8 Å². The molecule has 29 heavy (non-hydrogen) atoms. The van der Waals surface area contributed by atoms with Crippen molar-refractivity contribution in [3.05, 3.63) is 72.2 Å². The molecule has 0 N–H and O–H groups in total. The fourth-order valence-corrected chi connectivity index (χ4v) is 3.87. The molecule has 1 aliphatic heterocycles. The number of hydrazone groups is 1. The predicted octanol–water partition coefficient (Wildman–Crippen LogP) is 5.91. The van der Waals surface area contributed by atoms with Gasteiger partial charge in [0.2, 0.25) is 5.91 Å². The summed E-state index contributed by atoms with van der Waals surface area (Å²) < 4.78 is 13.1. The second kappa shape index (κ2) is 10.1. The highest BCUT2D eigenvalue weighted by atomic mass is 19.1. The summed E-state index contributed by atoms with van der Waals surface area (Å²) in [6.45, 7) is 5.27. The molecule has 152 valence electrons. The van der Waals surface area contributed by atoms with Gasteiger partial charge in [-0.2, -0.15) is 5.10 Å². The number of carbonyl (C=O) groups is 1. The summed E-state index contributed by atoms with van der Waals surface area (Å²) in [5.74, 6) is -0.354. The lowest BCUT2D eigenvalue weighted by molar-refractivity contribution is -0.137. The SMILES string of the molecule is C=C/C(F)=C\N=C(/C)CC1=CCCC(C(=O)N2N=CCC2c2ccccc2)CC1. The Hall–Kier alpha value is -2.82. The van der Waals surface area contributed by atoms with Gasteiger partial charge in [-0.15, -0.1) is 0 Å². The molecule has 4 nitrogen and oxygen atoms in total. The van der Waals surface area contributed by atoms with Crippen molar-refractivity contribution >= 4 is 17.8 Å². The molecular weight excluding hydrogens is 365 g/mol. The van der Waals surface area contributed by atoms with Crippen LogP contribution in [0.2, 0.25) is 0 Å². The van der Waals surface area contributed by atoms with E-state index >= 15 is 0 Å². The van der Waals surface area contributed by atoms with Crippen molar-refractivity contribution in [3.8, 4) is 0 Å². The Bertz CT molecular complexity index is 854. The monoisotopic (exact) mass is 393 g/mol. The summed E-state index contributed by atoms with van der Waals surface area (Å²) in [4.78, 5) is 17.3. The summed E-state index contributed by atoms with van der Waals surface area (Å²) in [6, 6.07) is 10.1. The van der Waals surface area contributed by atoms with Gasteiger partial charge >= 0.3 is 0 Å². The van der Waals surface area contributed by atoms with Crippen LogP contribution in [0.1, 0.15) is 57.1 Å². The van der Waals surface area contributed by atoms with Crippen molar-refractivity contribution in [3.63, 3.8) is 0 Å². The van der Waals surface area contributed by atoms with E-state index in [9.17, 15) is 9.18 Å². The molecule has 1 aromatic rings. The lowest BCUT2D eigenvalue weighted by atomic mass is 9.95. The van der Waals surface area contributed by atoms with E-state index in [4.69, 9.17) is 0 Å². The Labute approximate surface area is 172 Å². The molecule has 0 spiro atoms. The maximum Gasteiger partial charge on any atom is 0.246 e. The molecule has 0 bridgehead atoms. The van der Waals surface area contributed by atoms with Crippen LogP contribution in [0.3, 0.4) is 0 Å². The van der Waals surface area contributed by atoms with E-state index in [-0.39, 0.29) is 17.9 Å². The minimum Gasteiger partial charge on any atom is -0.273 e. The minimum atomic E-state index is -0.441. The van der Waals surface area contributed by atoms with Crippen LogP contribution in [-0.2, 0) is 4.79 Å². The average molecular weight is 394 g/mol. The van der Waals surface area contributed by atoms with Gasteiger partial charge in [-0.25, -0.2) is 9.40 Å². The van der Waals surface area contributed by atoms with E-state index in [1.54, 1.807) is 5.01 Å². The Morgan fingerprint density at radius 1 is 1.34 bits per heavy atom. The molecule has 1 aliphatic carbocycles. The zero-order valence-electron chi connectivity index (χ0n) is 16.9. The maximum atomic E-state index is 13.2. The van der Waals surface area contributed by atoms with Gasteiger partial charge in [0.15, 0.2) is 0 Å². The van der Waals surface area contributed by atoms with Crippen LogP contribution in [0.5, 0.6) is 0 Å². The van der Waals surface area contributed by atoms with Crippen molar-refractivity contribution in [2.24, 2.45) is 16.0 Å². The second-order valence-electron chi connectivity index (χ2n) is 7.58. The Morgan fingerprint density at radius 3 is 2.90 bits per heavy atom. The first kappa shape index (κ1) is 20.9. The zero-order chi connectivity index (χ0) is 20.6. The van der Waals surface area contributed by atoms with Crippen LogP contribution in [-0.4, -0.2) is 22.8 Å².